The summed E-state index contributed by atoms with van der Waals surface area (Å²) in [7, 11) is 0. The number of phenols is 1. The van der Waals surface area contributed by atoms with Gasteiger partial charge in [0.15, 0.2) is 5.78 Å². The van der Waals surface area contributed by atoms with Crippen molar-refractivity contribution in [1.82, 2.24) is 0 Å². The van der Waals surface area contributed by atoms with Gasteiger partial charge in [0.05, 0.1) is 5.56 Å². The monoisotopic (exact) mass is 402 g/mol. The van der Waals surface area contributed by atoms with Crippen LogP contribution in [0, 0.1) is 0 Å². The Bertz CT molecular complexity index is 1070. The third-order valence-corrected chi connectivity index (χ3v) is 4.40. The maximum absolute atomic E-state index is 12.6. The zero-order valence-corrected chi connectivity index (χ0v) is 16.6. The molecule has 0 bridgehead atoms. The van der Waals surface area contributed by atoms with Gasteiger partial charge in [-0.25, -0.2) is 4.79 Å². The number of carbonyl (C=O) groups excluding carboxylic acids is 2. The molecule has 1 N–H and O–H groups in total. The summed E-state index contributed by atoms with van der Waals surface area (Å²) in [6.45, 7) is 5.38. The first-order valence-electron chi connectivity index (χ1n) is 9.45. The number of benzene rings is 3. The van der Waals surface area contributed by atoms with Crippen LogP contribution in [-0.2, 0) is 9.53 Å². The van der Waals surface area contributed by atoms with Gasteiger partial charge in [0.2, 0.25) is 0 Å². The minimum atomic E-state index is -0.463. The molecule has 0 unspecified atom stereocenters. The number of esters is 1. The molecule has 3 rings (SSSR count). The van der Waals surface area contributed by atoms with E-state index in [0.717, 1.165) is 5.56 Å². The molecule has 0 heterocycles. The molecule has 0 spiro atoms. The summed E-state index contributed by atoms with van der Waals surface area (Å²) in [4.78, 5) is 24.1. The lowest BCUT2D eigenvalue weighted by atomic mass is 9.98. The van der Waals surface area contributed by atoms with Gasteiger partial charge in [-0.05, 0) is 30.7 Å². The summed E-state index contributed by atoms with van der Waals surface area (Å²) in [6.07, 6.45) is 0. The van der Waals surface area contributed by atoms with E-state index in [1.807, 2.05) is 24.3 Å². The second-order valence-electron chi connectivity index (χ2n) is 6.69. The highest BCUT2D eigenvalue weighted by molar-refractivity contribution is 6.10. The Kier molecular flexibility index (Phi) is 6.65. The molecule has 152 valence electrons. The van der Waals surface area contributed by atoms with Crippen molar-refractivity contribution >= 4 is 11.8 Å². The number of rotatable bonds is 8. The lowest BCUT2D eigenvalue weighted by molar-refractivity contribution is -0.139. The molecule has 3 aromatic rings. The van der Waals surface area contributed by atoms with Crippen LogP contribution in [0.5, 0.6) is 11.5 Å². The fourth-order valence-electron chi connectivity index (χ4n) is 2.88. The number of ether oxygens (including phenoxy) is 2. The van der Waals surface area contributed by atoms with Crippen LogP contribution >= 0.6 is 0 Å². The number of aromatic hydroxyl groups is 1. The van der Waals surface area contributed by atoms with Gasteiger partial charge in [0.25, 0.3) is 0 Å². The molecule has 0 radical (unpaired) electrons. The van der Waals surface area contributed by atoms with Crippen molar-refractivity contribution in [2.75, 3.05) is 13.2 Å². The van der Waals surface area contributed by atoms with Crippen LogP contribution in [0.2, 0.25) is 0 Å². The quantitative estimate of drug-likeness (QED) is 0.254. The van der Waals surface area contributed by atoms with Gasteiger partial charge in [-0.15, -0.1) is 0 Å². The van der Waals surface area contributed by atoms with E-state index in [2.05, 4.69) is 6.58 Å². The molecule has 0 aliphatic carbocycles. The Balaban J connectivity index is 1.76. The number of hydrogen-bond donors (Lipinski definition) is 1. The van der Waals surface area contributed by atoms with Crippen molar-refractivity contribution in [3.05, 3.63) is 96.1 Å². The van der Waals surface area contributed by atoms with E-state index in [-0.39, 0.29) is 30.3 Å². The van der Waals surface area contributed by atoms with Crippen LogP contribution in [0.15, 0.2) is 84.9 Å². The Hall–Kier alpha value is -3.86. The van der Waals surface area contributed by atoms with Gasteiger partial charge < -0.3 is 14.6 Å². The molecule has 0 saturated carbocycles. The van der Waals surface area contributed by atoms with Gasteiger partial charge in [-0.1, -0.05) is 61.2 Å². The van der Waals surface area contributed by atoms with E-state index in [1.165, 1.54) is 0 Å². The van der Waals surface area contributed by atoms with E-state index < -0.39 is 5.97 Å². The molecule has 0 aliphatic heterocycles. The molecular formula is C25H22O5. The topological polar surface area (TPSA) is 72.8 Å². The highest BCUT2D eigenvalue weighted by Gasteiger charge is 2.15. The van der Waals surface area contributed by atoms with Gasteiger partial charge in [-0.2, -0.15) is 0 Å². The molecule has 30 heavy (non-hydrogen) atoms. The number of carbonyl (C=O) groups is 2. The molecule has 0 saturated heterocycles. The van der Waals surface area contributed by atoms with Crippen LogP contribution in [-0.4, -0.2) is 30.1 Å². The highest BCUT2D eigenvalue weighted by atomic mass is 16.6. The lowest BCUT2D eigenvalue weighted by Crippen LogP contribution is -2.12. The summed E-state index contributed by atoms with van der Waals surface area (Å²) in [5.41, 5.74) is 2.52. The average Bonchev–Trinajstić information content (AvgIpc) is 2.77. The second kappa shape index (κ2) is 9.56. The Morgan fingerprint density at radius 2 is 1.63 bits per heavy atom. The predicted octanol–water partition coefficient (Wildman–Crippen LogP) is 4.79. The summed E-state index contributed by atoms with van der Waals surface area (Å²) in [6, 6.07) is 21.0. The van der Waals surface area contributed by atoms with Crippen molar-refractivity contribution in [2.24, 2.45) is 0 Å². The summed E-state index contributed by atoms with van der Waals surface area (Å²) >= 11 is 0. The van der Waals surface area contributed by atoms with Crippen molar-refractivity contribution < 1.29 is 24.2 Å². The molecule has 0 atom stereocenters. The number of para-hydroxylation sites is 1. The van der Waals surface area contributed by atoms with Gasteiger partial charge in [-0.3, -0.25) is 4.79 Å². The Morgan fingerprint density at radius 1 is 0.933 bits per heavy atom. The summed E-state index contributed by atoms with van der Waals surface area (Å²) < 4.78 is 10.8. The maximum Gasteiger partial charge on any atom is 0.333 e. The minimum Gasteiger partial charge on any atom is -0.507 e. The van der Waals surface area contributed by atoms with E-state index in [9.17, 15) is 14.7 Å². The zero-order valence-electron chi connectivity index (χ0n) is 16.6. The SMILES string of the molecule is C=C(C)C(=O)OCCOc1ccccc1-c1ccc(C(=O)c2ccccc2)c(O)c1. The Morgan fingerprint density at radius 3 is 2.33 bits per heavy atom. The third kappa shape index (κ3) is 4.94. The molecule has 5 heteroatoms. The normalized spacial score (nSPS) is 10.3. The molecule has 0 fully saturated rings. The molecule has 3 aromatic carbocycles. The van der Waals surface area contributed by atoms with E-state index >= 15 is 0 Å². The fourth-order valence-corrected chi connectivity index (χ4v) is 2.88. The minimum absolute atomic E-state index is 0.0930. The van der Waals surface area contributed by atoms with Crippen LogP contribution < -0.4 is 4.74 Å². The van der Waals surface area contributed by atoms with E-state index in [4.69, 9.17) is 9.47 Å². The van der Waals surface area contributed by atoms with E-state index in [0.29, 0.717) is 22.4 Å². The average molecular weight is 402 g/mol. The van der Waals surface area contributed by atoms with Crippen molar-refractivity contribution in [1.29, 1.82) is 0 Å². The largest absolute Gasteiger partial charge is 0.507 e. The first-order valence-corrected chi connectivity index (χ1v) is 9.45. The van der Waals surface area contributed by atoms with Gasteiger partial charge >= 0.3 is 5.97 Å². The first-order chi connectivity index (χ1) is 14.5. The third-order valence-electron chi connectivity index (χ3n) is 4.40. The molecule has 0 aliphatic rings. The van der Waals surface area contributed by atoms with Gasteiger partial charge in [0.1, 0.15) is 24.7 Å². The first kappa shape index (κ1) is 20.9. The standard InChI is InChI=1S/C25H22O5/c1-17(2)25(28)30-15-14-29-23-11-7-6-10-20(23)19-12-13-21(22(26)16-19)24(27)18-8-4-3-5-9-18/h3-13,16,26H,1,14-15H2,2H3. The Labute approximate surface area is 175 Å². The van der Waals surface area contributed by atoms with Crippen molar-refractivity contribution in [2.45, 2.75) is 6.92 Å². The number of phenolic OH excluding ortho intramolecular Hbond substituents is 1. The zero-order chi connectivity index (χ0) is 21.5. The smallest absolute Gasteiger partial charge is 0.333 e. The lowest BCUT2D eigenvalue weighted by Gasteiger charge is -2.13. The van der Waals surface area contributed by atoms with Gasteiger partial charge in [0, 0.05) is 16.7 Å². The second-order valence-corrected chi connectivity index (χ2v) is 6.69. The summed E-state index contributed by atoms with van der Waals surface area (Å²) in [5, 5.41) is 10.5. The van der Waals surface area contributed by atoms with Crippen LogP contribution in [0.3, 0.4) is 0 Å². The number of ketones is 1. The molecular weight excluding hydrogens is 380 g/mol. The van der Waals surface area contributed by atoms with Crippen LogP contribution in [0.4, 0.5) is 0 Å². The fraction of sp³-hybridized carbons (Fsp3) is 0.120. The molecule has 0 amide bonds. The molecule has 0 aromatic heterocycles. The highest BCUT2D eigenvalue weighted by Crippen LogP contribution is 2.33. The number of hydrogen-bond acceptors (Lipinski definition) is 5. The van der Waals surface area contributed by atoms with Crippen LogP contribution in [0.25, 0.3) is 11.1 Å². The summed E-state index contributed by atoms with van der Waals surface area (Å²) in [5.74, 6) is -0.240. The van der Waals surface area contributed by atoms with Crippen LogP contribution in [0.1, 0.15) is 22.8 Å². The molecule has 5 nitrogen and oxygen atoms in total. The van der Waals surface area contributed by atoms with Crippen molar-refractivity contribution in [3.8, 4) is 22.6 Å². The maximum atomic E-state index is 12.6. The van der Waals surface area contributed by atoms with Crippen molar-refractivity contribution in [3.63, 3.8) is 0 Å². The van der Waals surface area contributed by atoms with E-state index in [1.54, 1.807) is 55.5 Å². The predicted molar refractivity (Wildman–Crippen MR) is 115 cm³/mol.